The van der Waals surface area contributed by atoms with Gasteiger partial charge in [0.05, 0.1) is 38.3 Å². The highest BCUT2D eigenvalue weighted by molar-refractivity contribution is 6.32. The van der Waals surface area contributed by atoms with E-state index in [4.69, 9.17) is 62.8 Å². The van der Waals surface area contributed by atoms with E-state index in [9.17, 15) is 0 Å². The molecule has 0 amide bonds. The summed E-state index contributed by atoms with van der Waals surface area (Å²) in [4.78, 5) is 36.4. The highest BCUT2D eigenvalue weighted by atomic mass is 35.5. The summed E-state index contributed by atoms with van der Waals surface area (Å²) >= 11 is 13.4. The van der Waals surface area contributed by atoms with Crippen molar-refractivity contribution in [3.63, 3.8) is 0 Å². The maximum absolute atomic E-state index is 6.71. The van der Waals surface area contributed by atoms with Crippen LogP contribution in [0, 0.1) is 13.8 Å². The molecule has 2 aromatic carbocycles. The number of rotatable bonds is 10. The van der Waals surface area contributed by atoms with Crippen molar-refractivity contribution < 1.29 is 9.47 Å². The smallest absolute Gasteiger partial charge is 0.238 e. The van der Waals surface area contributed by atoms with Crippen LogP contribution in [0.15, 0.2) is 135 Å². The van der Waals surface area contributed by atoms with Crippen LogP contribution in [-0.2, 0) is 13.1 Å². The molecule has 72 heavy (non-hydrogen) atoms. The average Bonchev–Trinajstić information content (AvgIpc) is 4.26. The molecule has 2 aliphatic heterocycles. The van der Waals surface area contributed by atoms with Gasteiger partial charge in [0.1, 0.15) is 34.4 Å². The van der Waals surface area contributed by atoms with Gasteiger partial charge in [-0.2, -0.15) is 0 Å². The van der Waals surface area contributed by atoms with E-state index in [-0.39, 0.29) is 11.8 Å². The van der Waals surface area contributed by atoms with E-state index in [0.29, 0.717) is 34.8 Å². The van der Waals surface area contributed by atoms with Gasteiger partial charge in [-0.25, -0.2) is 39.3 Å². The lowest BCUT2D eigenvalue weighted by atomic mass is 9.89. The van der Waals surface area contributed by atoms with E-state index in [1.807, 2.05) is 118 Å². The highest BCUT2D eigenvalue weighted by Crippen LogP contribution is 2.41. The fraction of sp³-hybridized carbons (Fsp3) is 0.222. The number of aryl methyl sites for hydroxylation is 4. The monoisotopic (exact) mass is 994 g/mol. The topological polar surface area (TPSA) is 167 Å². The molecule has 8 aromatic heterocycles. The maximum atomic E-state index is 6.71. The van der Waals surface area contributed by atoms with Crippen molar-refractivity contribution in [1.29, 1.82) is 0 Å². The highest BCUT2D eigenvalue weighted by Gasteiger charge is 2.30. The number of hydrogen-bond acceptors (Lipinski definition) is 12. The van der Waals surface area contributed by atoms with E-state index in [1.54, 1.807) is 39.3 Å². The second kappa shape index (κ2) is 20.0. The molecule has 0 bridgehead atoms. The van der Waals surface area contributed by atoms with Crippen molar-refractivity contribution in [2.45, 2.75) is 64.5 Å². The minimum Gasteiger partial charge on any atom is -0.479 e. The van der Waals surface area contributed by atoms with Crippen molar-refractivity contribution in [2.75, 3.05) is 14.2 Å². The van der Waals surface area contributed by atoms with E-state index in [0.717, 1.165) is 117 Å². The number of fused-ring (bicyclic) bond motifs is 2. The Hall–Kier alpha value is -8.08. The quantitative estimate of drug-likeness (QED) is 0.127. The van der Waals surface area contributed by atoms with Gasteiger partial charge in [-0.1, -0.05) is 47.5 Å². The summed E-state index contributed by atoms with van der Waals surface area (Å²) in [5.41, 5.74) is 11.1. The summed E-state index contributed by atoms with van der Waals surface area (Å²) in [6, 6.07) is 28.0. The number of aromatic nitrogens is 14. The summed E-state index contributed by atoms with van der Waals surface area (Å²) in [7, 11) is 3.22. The number of ether oxygens (including phenoxy) is 2. The van der Waals surface area contributed by atoms with Gasteiger partial charge in [0.25, 0.3) is 0 Å². The third-order valence-corrected chi connectivity index (χ3v) is 13.7. The van der Waals surface area contributed by atoms with Crippen molar-refractivity contribution in [2.24, 2.45) is 0 Å². The van der Waals surface area contributed by atoms with Gasteiger partial charge in [-0.3, -0.25) is 9.97 Å². The average molecular weight is 996 g/mol. The first-order chi connectivity index (χ1) is 35.2. The number of halogens is 2. The van der Waals surface area contributed by atoms with Crippen LogP contribution >= 0.6 is 23.2 Å². The molecule has 360 valence electrons. The van der Waals surface area contributed by atoms with Gasteiger partial charge in [0.2, 0.25) is 11.8 Å². The maximum Gasteiger partial charge on any atom is 0.238 e. The SMILES string of the molecule is COc1nc(-c2nc3n(n2)CCC[C@@H]3c2cc(-c3cccnc3)ccc2Cl)ccc1-n1cnc(C)c1.COc1nc(-c2nc3n(n2)CCC[C@H]3c2cc(-c3cccnc3)ccc2Cl)ccc1-n1cnc(C)c1. The molecular formula is C54H48Cl2N14O2. The van der Waals surface area contributed by atoms with Gasteiger partial charge in [0.15, 0.2) is 11.6 Å². The van der Waals surface area contributed by atoms with Crippen molar-refractivity contribution in [3.05, 3.63) is 179 Å². The Morgan fingerprint density at radius 1 is 0.542 bits per heavy atom. The standard InChI is InChI=1S/2C27H24ClN7O/c2*1-17-15-34(16-30-17)24-10-9-23(31-27(24)36-2)25-32-26-20(6-4-12-35(26)33-25)21-13-18(7-8-22(21)28)19-5-3-11-29-14-19/h2*3,5,7-11,13-16,20H,4,6,12H2,1-2H3/t2*20-/m10/s1. The van der Waals surface area contributed by atoms with E-state index in [2.05, 4.69) is 44.2 Å². The number of hydrogen-bond donors (Lipinski definition) is 0. The summed E-state index contributed by atoms with van der Waals surface area (Å²) in [6.45, 7) is 5.50. The van der Waals surface area contributed by atoms with E-state index in [1.165, 1.54) is 0 Å². The molecule has 0 unspecified atom stereocenters. The number of benzene rings is 2. The Balaban J connectivity index is 0.000000156. The molecule has 0 fully saturated rings. The van der Waals surface area contributed by atoms with Crippen LogP contribution in [0.5, 0.6) is 11.8 Å². The van der Waals surface area contributed by atoms with Crippen molar-refractivity contribution in [1.82, 2.24) is 68.6 Å². The first-order valence-corrected chi connectivity index (χ1v) is 24.4. The number of nitrogens with zero attached hydrogens (tertiary/aromatic N) is 14. The molecular weight excluding hydrogens is 948 g/mol. The molecule has 12 rings (SSSR count). The van der Waals surface area contributed by atoms with E-state index >= 15 is 0 Å². The summed E-state index contributed by atoms with van der Waals surface area (Å²) in [5, 5.41) is 11.1. The lowest BCUT2D eigenvalue weighted by Crippen LogP contribution is -2.18. The normalized spacial score (nSPS) is 15.0. The number of methoxy groups -OCH3 is 2. The molecule has 10 heterocycles. The van der Waals surface area contributed by atoms with Crippen molar-refractivity contribution >= 4 is 23.2 Å². The van der Waals surface area contributed by atoms with Crippen LogP contribution in [0.3, 0.4) is 0 Å². The first kappa shape index (κ1) is 46.3. The largest absolute Gasteiger partial charge is 0.479 e. The predicted molar refractivity (Wildman–Crippen MR) is 275 cm³/mol. The van der Waals surface area contributed by atoms with Gasteiger partial charge >= 0.3 is 0 Å². The molecule has 0 saturated carbocycles. The molecule has 10 aromatic rings. The second-order valence-corrected chi connectivity index (χ2v) is 18.5. The van der Waals surface area contributed by atoms with Gasteiger partial charge in [-0.05, 0) is 134 Å². The molecule has 18 heteroatoms. The first-order valence-electron chi connectivity index (χ1n) is 23.6. The third kappa shape index (κ3) is 9.21. The molecule has 2 atom stereocenters. The Morgan fingerprint density at radius 3 is 1.39 bits per heavy atom. The number of imidazole rings is 2. The summed E-state index contributed by atoms with van der Waals surface area (Å²) in [5.74, 6) is 4.00. The third-order valence-electron chi connectivity index (χ3n) is 13.0. The molecule has 16 nitrogen and oxygen atoms in total. The number of pyridine rings is 4. The zero-order valence-electron chi connectivity index (χ0n) is 39.9. The lowest BCUT2D eigenvalue weighted by Gasteiger charge is -2.23. The van der Waals surface area contributed by atoms with Crippen LogP contribution in [-0.4, -0.2) is 82.8 Å². The molecule has 0 saturated heterocycles. The molecule has 2 aliphatic rings. The molecule has 0 N–H and O–H groups in total. The van der Waals surface area contributed by atoms with Gasteiger partial charge in [0, 0.05) is 72.2 Å². The molecule has 0 spiro atoms. The minimum absolute atomic E-state index is 0.0409. The Kier molecular flexibility index (Phi) is 12.8. The molecule has 0 aliphatic carbocycles. The zero-order chi connectivity index (χ0) is 49.3. The summed E-state index contributed by atoms with van der Waals surface area (Å²) < 4.78 is 18.9. The van der Waals surface area contributed by atoms with Crippen molar-refractivity contribution in [3.8, 4) is 68.4 Å². The predicted octanol–water partition coefficient (Wildman–Crippen LogP) is 11.0. The van der Waals surface area contributed by atoms with Gasteiger partial charge in [-0.15, -0.1) is 10.2 Å². The second-order valence-electron chi connectivity index (χ2n) is 17.7. The van der Waals surface area contributed by atoms with Crippen LogP contribution in [0.2, 0.25) is 10.0 Å². The van der Waals surface area contributed by atoms with Gasteiger partial charge < -0.3 is 18.6 Å². The van der Waals surface area contributed by atoms with Crippen LogP contribution in [0.1, 0.15) is 71.7 Å². The summed E-state index contributed by atoms with van der Waals surface area (Å²) in [6.07, 6.45) is 18.5. The molecule has 0 radical (unpaired) electrons. The Morgan fingerprint density at radius 2 is 1.00 bits per heavy atom. The zero-order valence-corrected chi connectivity index (χ0v) is 41.4. The Labute approximate surface area is 425 Å². The fourth-order valence-electron chi connectivity index (χ4n) is 9.47. The van der Waals surface area contributed by atoms with Crippen LogP contribution in [0.4, 0.5) is 0 Å². The lowest BCUT2D eigenvalue weighted by molar-refractivity contribution is 0.396. The fourth-order valence-corrected chi connectivity index (χ4v) is 9.97. The Bertz CT molecular complexity index is 3320. The van der Waals surface area contributed by atoms with Crippen LogP contribution < -0.4 is 9.47 Å². The van der Waals surface area contributed by atoms with Crippen LogP contribution in [0.25, 0.3) is 56.7 Å². The van der Waals surface area contributed by atoms with E-state index < -0.39 is 0 Å². The minimum atomic E-state index is 0.0409.